The fourth-order valence-electron chi connectivity index (χ4n) is 0.869. The zero-order valence-corrected chi connectivity index (χ0v) is 7.25. The first-order valence-electron chi connectivity index (χ1n) is 3.30. The van der Waals surface area contributed by atoms with Crippen molar-refractivity contribution in [3.8, 4) is 5.75 Å². The first-order valence-corrected chi connectivity index (χ1v) is 3.68. The third-order valence-electron chi connectivity index (χ3n) is 1.42. The van der Waals surface area contributed by atoms with Crippen LogP contribution in [0.3, 0.4) is 0 Å². The molecule has 64 valence electrons. The van der Waals surface area contributed by atoms with Crippen molar-refractivity contribution < 1.29 is 9.94 Å². The molecule has 0 radical (unpaired) electrons. The Bertz CT molecular complexity index is 299. The first-order chi connectivity index (χ1) is 5.79. The summed E-state index contributed by atoms with van der Waals surface area (Å²) < 4.78 is 4.99. The average Bonchev–Trinajstić information content (AvgIpc) is 2.16. The number of ether oxygens (including phenoxy) is 1. The minimum atomic E-state index is 0.0208. The third-order valence-corrected chi connectivity index (χ3v) is 1.70. The van der Waals surface area contributed by atoms with Gasteiger partial charge in [-0.15, -0.1) is 0 Å². The number of para-hydroxylation sites is 1. The lowest BCUT2D eigenvalue weighted by Crippen LogP contribution is -1.95. The van der Waals surface area contributed by atoms with Crippen molar-refractivity contribution >= 4 is 16.8 Å². The molecule has 4 heteroatoms. The number of hydrogen-bond donors (Lipinski definition) is 1. The van der Waals surface area contributed by atoms with Crippen LogP contribution >= 0.6 is 11.6 Å². The van der Waals surface area contributed by atoms with Crippen LogP contribution in [-0.2, 0) is 0 Å². The molecule has 0 bridgehead atoms. The van der Waals surface area contributed by atoms with Crippen molar-refractivity contribution in [2.75, 3.05) is 7.11 Å². The molecule has 0 aliphatic rings. The van der Waals surface area contributed by atoms with Gasteiger partial charge in [-0.1, -0.05) is 28.9 Å². The van der Waals surface area contributed by atoms with E-state index in [9.17, 15) is 0 Å². The minimum Gasteiger partial charge on any atom is -0.496 e. The molecule has 0 saturated heterocycles. The van der Waals surface area contributed by atoms with E-state index in [1.807, 2.05) is 6.07 Å². The number of rotatable bonds is 2. The minimum absolute atomic E-state index is 0.0208. The van der Waals surface area contributed by atoms with Gasteiger partial charge in [0.25, 0.3) is 0 Å². The van der Waals surface area contributed by atoms with E-state index in [1.54, 1.807) is 18.2 Å². The standard InChI is InChI=1S/C8H8ClNO2/c1-12-7-5-3-2-4-6(7)8(9)10-11/h2-5,11H,1H3/b10-8+. The highest BCUT2D eigenvalue weighted by Gasteiger charge is 2.06. The third kappa shape index (κ3) is 1.68. The maximum Gasteiger partial charge on any atom is 0.179 e. The van der Waals surface area contributed by atoms with Crippen molar-refractivity contribution in [1.82, 2.24) is 0 Å². The van der Waals surface area contributed by atoms with Crippen LogP contribution in [0.25, 0.3) is 0 Å². The van der Waals surface area contributed by atoms with Crippen LogP contribution in [0.1, 0.15) is 5.56 Å². The Morgan fingerprint density at radius 3 is 2.75 bits per heavy atom. The van der Waals surface area contributed by atoms with E-state index in [0.29, 0.717) is 11.3 Å². The summed E-state index contributed by atoms with van der Waals surface area (Å²) in [7, 11) is 1.53. The Labute approximate surface area is 75.2 Å². The van der Waals surface area contributed by atoms with Crippen molar-refractivity contribution in [1.29, 1.82) is 0 Å². The van der Waals surface area contributed by atoms with Gasteiger partial charge in [0.1, 0.15) is 5.75 Å². The van der Waals surface area contributed by atoms with Crippen LogP contribution in [0.2, 0.25) is 0 Å². The topological polar surface area (TPSA) is 41.8 Å². The molecule has 0 heterocycles. The van der Waals surface area contributed by atoms with Gasteiger partial charge in [-0.05, 0) is 12.1 Å². The highest BCUT2D eigenvalue weighted by molar-refractivity contribution is 6.69. The molecule has 0 amide bonds. The van der Waals surface area contributed by atoms with E-state index in [2.05, 4.69) is 5.16 Å². The van der Waals surface area contributed by atoms with Crippen LogP contribution in [-0.4, -0.2) is 17.5 Å². The molecule has 1 aromatic carbocycles. The molecule has 0 unspecified atom stereocenters. The van der Waals surface area contributed by atoms with Gasteiger partial charge < -0.3 is 9.94 Å². The molecule has 1 rings (SSSR count). The monoisotopic (exact) mass is 185 g/mol. The van der Waals surface area contributed by atoms with Crippen molar-refractivity contribution in [2.45, 2.75) is 0 Å². The van der Waals surface area contributed by atoms with Crippen LogP contribution in [0.5, 0.6) is 5.75 Å². The van der Waals surface area contributed by atoms with Crippen LogP contribution in [0.4, 0.5) is 0 Å². The largest absolute Gasteiger partial charge is 0.496 e. The molecular weight excluding hydrogens is 178 g/mol. The second-order valence-corrected chi connectivity index (χ2v) is 2.45. The lowest BCUT2D eigenvalue weighted by molar-refractivity contribution is 0.320. The lowest BCUT2D eigenvalue weighted by Gasteiger charge is -2.03. The van der Waals surface area contributed by atoms with Crippen molar-refractivity contribution in [3.05, 3.63) is 29.8 Å². The summed E-state index contributed by atoms with van der Waals surface area (Å²) in [6.07, 6.45) is 0. The number of methoxy groups -OCH3 is 1. The molecular formula is C8H8ClNO2. The van der Waals surface area contributed by atoms with Gasteiger partial charge in [0.15, 0.2) is 5.17 Å². The van der Waals surface area contributed by atoms with Gasteiger partial charge in [-0.3, -0.25) is 0 Å². The maximum atomic E-state index is 8.41. The molecule has 0 aliphatic heterocycles. The van der Waals surface area contributed by atoms with E-state index in [-0.39, 0.29) is 5.17 Å². The molecule has 0 fully saturated rings. The Balaban J connectivity index is 3.13. The highest BCUT2D eigenvalue weighted by atomic mass is 35.5. The summed E-state index contributed by atoms with van der Waals surface area (Å²) >= 11 is 5.59. The lowest BCUT2D eigenvalue weighted by atomic mass is 10.2. The molecule has 0 spiro atoms. The smallest absolute Gasteiger partial charge is 0.179 e. The second kappa shape index (κ2) is 3.97. The molecule has 0 aromatic heterocycles. The summed E-state index contributed by atoms with van der Waals surface area (Å²) in [5, 5.41) is 11.3. The Morgan fingerprint density at radius 2 is 2.17 bits per heavy atom. The van der Waals surface area contributed by atoms with Crippen molar-refractivity contribution in [2.24, 2.45) is 5.16 Å². The predicted molar refractivity (Wildman–Crippen MR) is 47.2 cm³/mol. The second-order valence-electron chi connectivity index (χ2n) is 2.09. The van der Waals surface area contributed by atoms with Crippen molar-refractivity contribution in [3.63, 3.8) is 0 Å². The van der Waals surface area contributed by atoms with E-state index >= 15 is 0 Å². The van der Waals surface area contributed by atoms with Crippen LogP contribution in [0, 0.1) is 0 Å². The molecule has 1 N–H and O–H groups in total. The molecule has 0 atom stereocenters. The normalized spacial score (nSPS) is 11.3. The fourth-order valence-corrected chi connectivity index (χ4v) is 1.03. The summed E-state index contributed by atoms with van der Waals surface area (Å²) in [6.45, 7) is 0. The average molecular weight is 186 g/mol. The first kappa shape index (κ1) is 8.87. The molecule has 0 saturated carbocycles. The van der Waals surface area contributed by atoms with E-state index in [4.69, 9.17) is 21.5 Å². The summed E-state index contributed by atoms with van der Waals surface area (Å²) in [5.74, 6) is 0.584. The van der Waals surface area contributed by atoms with Gasteiger partial charge in [-0.2, -0.15) is 0 Å². The Hall–Kier alpha value is -1.22. The van der Waals surface area contributed by atoms with E-state index < -0.39 is 0 Å². The van der Waals surface area contributed by atoms with Crippen LogP contribution in [0.15, 0.2) is 29.4 Å². The van der Waals surface area contributed by atoms with Gasteiger partial charge in [0, 0.05) is 0 Å². The van der Waals surface area contributed by atoms with Gasteiger partial charge >= 0.3 is 0 Å². The maximum absolute atomic E-state index is 8.41. The predicted octanol–water partition coefficient (Wildman–Crippen LogP) is 2.07. The number of hydrogen-bond acceptors (Lipinski definition) is 3. The number of oxime groups is 1. The van der Waals surface area contributed by atoms with E-state index in [0.717, 1.165) is 0 Å². The number of nitrogens with zero attached hydrogens (tertiary/aromatic N) is 1. The SMILES string of the molecule is COc1ccccc1/C(Cl)=N\O. The molecule has 12 heavy (non-hydrogen) atoms. The highest BCUT2D eigenvalue weighted by Crippen LogP contribution is 2.19. The zero-order chi connectivity index (χ0) is 8.97. The summed E-state index contributed by atoms with van der Waals surface area (Å²) in [4.78, 5) is 0. The van der Waals surface area contributed by atoms with E-state index in [1.165, 1.54) is 7.11 Å². The Kier molecular flexibility index (Phi) is 2.94. The van der Waals surface area contributed by atoms with Gasteiger partial charge in [0.2, 0.25) is 0 Å². The Morgan fingerprint density at radius 1 is 1.50 bits per heavy atom. The van der Waals surface area contributed by atoms with Gasteiger partial charge in [-0.25, -0.2) is 0 Å². The molecule has 1 aromatic rings. The quantitative estimate of drug-likeness (QED) is 0.436. The zero-order valence-electron chi connectivity index (χ0n) is 6.49. The van der Waals surface area contributed by atoms with Gasteiger partial charge in [0.05, 0.1) is 12.7 Å². The molecule has 0 aliphatic carbocycles. The summed E-state index contributed by atoms with van der Waals surface area (Å²) in [6, 6.07) is 7.04. The summed E-state index contributed by atoms with van der Waals surface area (Å²) in [5.41, 5.74) is 0.573. The molecule has 3 nitrogen and oxygen atoms in total. The number of benzene rings is 1. The van der Waals surface area contributed by atoms with Crippen LogP contribution < -0.4 is 4.74 Å². The fraction of sp³-hybridized carbons (Fsp3) is 0.125. The number of halogens is 1.